The summed E-state index contributed by atoms with van der Waals surface area (Å²) in [6.07, 6.45) is 1.30. The van der Waals surface area contributed by atoms with Gasteiger partial charge >= 0.3 is 5.97 Å². The van der Waals surface area contributed by atoms with Gasteiger partial charge in [0.2, 0.25) is 0 Å². The minimum atomic E-state index is -0.457. The van der Waals surface area contributed by atoms with Gasteiger partial charge in [-0.05, 0) is 37.5 Å². The number of ether oxygens (including phenoxy) is 1. The van der Waals surface area contributed by atoms with Gasteiger partial charge < -0.3 is 4.74 Å². The van der Waals surface area contributed by atoms with Gasteiger partial charge in [0, 0.05) is 5.71 Å². The van der Waals surface area contributed by atoms with Crippen LogP contribution in [0.4, 0.5) is 4.39 Å². The Balaban J connectivity index is 2.17. The molecule has 96 valence electrons. The molecule has 1 aromatic rings. The van der Waals surface area contributed by atoms with Gasteiger partial charge in [0.25, 0.3) is 0 Å². The topological polar surface area (TPSA) is 38.7 Å². The summed E-state index contributed by atoms with van der Waals surface area (Å²) >= 11 is 5.72. The van der Waals surface area contributed by atoms with E-state index in [1.54, 1.807) is 13.0 Å². The molecule has 0 bridgehead atoms. The highest BCUT2D eigenvalue weighted by Gasteiger charge is 2.26. The molecule has 5 heteroatoms. The van der Waals surface area contributed by atoms with Gasteiger partial charge in [0.05, 0.1) is 11.6 Å². The number of nitrogens with zero attached hydrogens (tertiary/aromatic N) is 1. The van der Waals surface area contributed by atoms with Crippen molar-refractivity contribution in [2.75, 3.05) is 6.61 Å². The molecule has 18 heavy (non-hydrogen) atoms. The summed E-state index contributed by atoms with van der Waals surface area (Å²) in [6.45, 7) is 2.11. The van der Waals surface area contributed by atoms with Crippen molar-refractivity contribution in [2.45, 2.75) is 25.8 Å². The number of carbonyl (C=O) groups excluding carboxylic acids is 1. The molecule has 0 aliphatic carbocycles. The van der Waals surface area contributed by atoms with Crippen molar-refractivity contribution in [2.24, 2.45) is 4.99 Å². The van der Waals surface area contributed by atoms with Gasteiger partial charge in [0.1, 0.15) is 11.9 Å². The van der Waals surface area contributed by atoms with E-state index in [1.807, 2.05) is 0 Å². The number of rotatable bonds is 3. The van der Waals surface area contributed by atoms with Gasteiger partial charge in [-0.1, -0.05) is 17.7 Å². The van der Waals surface area contributed by atoms with Crippen LogP contribution in [-0.4, -0.2) is 24.3 Å². The monoisotopic (exact) mass is 269 g/mol. The van der Waals surface area contributed by atoms with Crippen molar-refractivity contribution in [1.29, 1.82) is 0 Å². The number of hydrogen-bond acceptors (Lipinski definition) is 3. The Bertz CT molecular complexity index is 502. The second-order valence-electron chi connectivity index (χ2n) is 4.01. The van der Waals surface area contributed by atoms with E-state index in [4.69, 9.17) is 16.3 Å². The second-order valence-corrected chi connectivity index (χ2v) is 4.42. The number of aliphatic imine (C=N–C) groups is 1. The van der Waals surface area contributed by atoms with E-state index in [1.165, 1.54) is 12.1 Å². The first-order valence-corrected chi connectivity index (χ1v) is 6.18. The van der Waals surface area contributed by atoms with E-state index in [2.05, 4.69) is 4.99 Å². The molecule has 1 aromatic carbocycles. The lowest BCUT2D eigenvalue weighted by Gasteiger charge is -2.04. The maximum absolute atomic E-state index is 13.0. The van der Waals surface area contributed by atoms with Crippen LogP contribution in [0.3, 0.4) is 0 Å². The van der Waals surface area contributed by atoms with Crippen LogP contribution in [0.1, 0.15) is 25.3 Å². The molecule has 1 aliphatic rings. The number of esters is 1. The summed E-state index contributed by atoms with van der Waals surface area (Å²) < 4.78 is 18.0. The molecular weight excluding hydrogens is 257 g/mol. The minimum absolute atomic E-state index is 0.0646. The Labute approximate surface area is 110 Å². The molecule has 0 unspecified atom stereocenters. The Hall–Kier alpha value is -1.42. The van der Waals surface area contributed by atoms with Crippen molar-refractivity contribution in [3.63, 3.8) is 0 Å². The number of halogens is 2. The molecular formula is C13H13ClFNO2. The van der Waals surface area contributed by atoms with Crippen molar-refractivity contribution in [1.82, 2.24) is 0 Å². The zero-order chi connectivity index (χ0) is 13.1. The molecule has 0 amide bonds. The van der Waals surface area contributed by atoms with Crippen LogP contribution in [0.2, 0.25) is 5.02 Å². The largest absolute Gasteiger partial charge is 0.464 e. The van der Waals surface area contributed by atoms with Crippen LogP contribution in [0, 0.1) is 5.82 Å². The molecule has 0 N–H and O–H groups in total. The second kappa shape index (κ2) is 5.48. The Morgan fingerprint density at radius 2 is 2.39 bits per heavy atom. The Kier molecular flexibility index (Phi) is 3.97. The molecule has 1 atom stereocenters. The van der Waals surface area contributed by atoms with E-state index in [-0.39, 0.29) is 11.0 Å². The molecule has 1 heterocycles. The predicted octanol–water partition coefficient (Wildman–Crippen LogP) is 2.99. The molecule has 0 saturated heterocycles. The van der Waals surface area contributed by atoms with Gasteiger partial charge in [0.15, 0.2) is 0 Å². The lowest BCUT2D eigenvalue weighted by molar-refractivity contribution is -0.144. The normalized spacial score (nSPS) is 18.6. The van der Waals surface area contributed by atoms with Crippen molar-refractivity contribution in [3.8, 4) is 0 Å². The molecule has 1 aliphatic heterocycles. The zero-order valence-corrected chi connectivity index (χ0v) is 10.7. The van der Waals surface area contributed by atoms with Crippen LogP contribution in [-0.2, 0) is 9.53 Å². The fraction of sp³-hybridized carbons (Fsp3) is 0.385. The van der Waals surface area contributed by atoms with Crippen LogP contribution in [0.5, 0.6) is 0 Å². The lowest BCUT2D eigenvalue weighted by Crippen LogP contribution is -2.18. The van der Waals surface area contributed by atoms with Crippen molar-refractivity contribution in [3.05, 3.63) is 34.6 Å². The van der Waals surface area contributed by atoms with Gasteiger partial charge in [-0.3, -0.25) is 4.99 Å². The zero-order valence-electron chi connectivity index (χ0n) is 9.95. The highest BCUT2D eigenvalue weighted by molar-refractivity contribution is 6.31. The fourth-order valence-electron chi connectivity index (χ4n) is 1.89. The molecule has 0 saturated carbocycles. The van der Waals surface area contributed by atoms with Crippen LogP contribution >= 0.6 is 11.6 Å². The minimum Gasteiger partial charge on any atom is -0.464 e. The highest BCUT2D eigenvalue weighted by Crippen LogP contribution is 2.23. The standard InChI is InChI=1S/C13H13ClFNO2/c1-2-18-13(17)12-6-5-11(16-12)8-3-4-10(15)9(14)7-8/h3-4,7,12H,2,5-6H2,1H3/t12-/m1/s1. The summed E-state index contributed by atoms with van der Waals surface area (Å²) in [4.78, 5) is 15.8. The number of hydrogen-bond donors (Lipinski definition) is 0. The third-order valence-electron chi connectivity index (χ3n) is 2.78. The van der Waals surface area contributed by atoms with Crippen molar-refractivity contribution >= 4 is 23.3 Å². The molecule has 0 fully saturated rings. The SMILES string of the molecule is CCOC(=O)[C@H]1CCC(c2ccc(F)c(Cl)c2)=N1. The molecule has 0 radical (unpaired) electrons. The average molecular weight is 270 g/mol. The van der Waals surface area contributed by atoms with E-state index in [9.17, 15) is 9.18 Å². The van der Waals surface area contributed by atoms with E-state index < -0.39 is 11.9 Å². The first kappa shape index (κ1) is 13.0. The van der Waals surface area contributed by atoms with Gasteiger partial charge in [-0.25, -0.2) is 9.18 Å². The molecule has 2 rings (SSSR count). The maximum atomic E-state index is 13.0. The van der Waals surface area contributed by atoms with Crippen LogP contribution in [0.15, 0.2) is 23.2 Å². The van der Waals surface area contributed by atoms with Crippen molar-refractivity contribution < 1.29 is 13.9 Å². The third kappa shape index (κ3) is 2.70. The number of carbonyl (C=O) groups is 1. The molecule has 0 spiro atoms. The third-order valence-corrected chi connectivity index (χ3v) is 3.07. The summed E-state index contributed by atoms with van der Waals surface area (Å²) in [7, 11) is 0. The lowest BCUT2D eigenvalue weighted by atomic mass is 10.1. The van der Waals surface area contributed by atoms with E-state index >= 15 is 0 Å². The fourth-order valence-corrected chi connectivity index (χ4v) is 2.07. The van der Waals surface area contributed by atoms with E-state index in [0.717, 1.165) is 11.3 Å². The Morgan fingerprint density at radius 3 is 3.06 bits per heavy atom. The van der Waals surface area contributed by atoms with Gasteiger partial charge in [-0.15, -0.1) is 0 Å². The number of benzene rings is 1. The molecule has 0 aromatic heterocycles. The van der Waals surface area contributed by atoms with Crippen LogP contribution in [0.25, 0.3) is 0 Å². The molecule has 3 nitrogen and oxygen atoms in total. The Morgan fingerprint density at radius 1 is 1.61 bits per heavy atom. The first-order chi connectivity index (χ1) is 8.61. The predicted molar refractivity (Wildman–Crippen MR) is 67.6 cm³/mol. The highest BCUT2D eigenvalue weighted by atomic mass is 35.5. The first-order valence-electron chi connectivity index (χ1n) is 5.80. The summed E-state index contributed by atoms with van der Waals surface area (Å²) in [5, 5.41) is 0.0646. The average Bonchev–Trinajstić information content (AvgIpc) is 2.82. The summed E-state index contributed by atoms with van der Waals surface area (Å²) in [6, 6.07) is 4.01. The smallest absolute Gasteiger partial charge is 0.330 e. The maximum Gasteiger partial charge on any atom is 0.330 e. The van der Waals surface area contributed by atoms with Crippen LogP contribution < -0.4 is 0 Å². The quantitative estimate of drug-likeness (QED) is 0.791. The summed E-state index contributed by atoms with van der Waals surface area (Å²) in [5.41, 5.74) is 1.53. The van der Waals surface area contributed by atoms with E-state index in [0.29, 0.717) is 19.4 Å². The van der Waals surface area contributed by atoms with Gasteiger partial charge in [-0.2, -0.15) is 0 Å². The summed E-state index contributed by atoms with van der Waals surface area (Å²) in [5.74, 6) is -0.762.